The van der Waals surface area contributed by atoms with Gasteiger partial charge in [-0.3, -0.25) is 14.3 Å². The maximum absolute atomic E-state index is 12.1. The Labute approximate surface area is 134 Å². The summed E-state index contributed by atoms with van der Waals surface area (Å²) in [4.78, 5) is 30.5. The Balaban J connectivity index is 2.29. The SMILES string of the molecule is Nc1cccc(Cn2c(=O)[nH]c(=O)c3c(Cl)cc(Cl)cc32)n1. The summed E-state index contributed by atoms with van der Waals surface area (Å²) in [5, 5.41) is 0.712. The van der Waals surface area contributed by atoms with E-state index in [0.717, 1.165) is 0 Å². The van der Waals surface area contributed by atoms with Gasteiger partial charge in [-0.15, -0.1) is 0 Å². The number of hydrogen-bond acceptors (Lipinski definition) is 4. The van der Waals surface area contributed by atoms with Crippen LogP contribution in [0.25, 0.3) is 10.9 Å². The van der Waals surface area contributed by atoms with Gasteiger partial charge in [-0.2, -0.15) is 0 Å². The minimum atomic E-state index is -0.569. The second-order valence-corrected chi connectivity index (χ2v) is 5.52. The van der Waals surface area contributed by atoms with Crippen LogP contribution in [-0.2, 0) is 6.54 Å². The largest absolute Gasteiger partial charge is 0.384 e. The Kier molecular flexibility index (Phi) is 3.64. The third kappa shape index (κ3) is 2.58. The first-order chi connectivity index (χ1) is 10.5. The van der Waals surface area contributed by atoms with Gasteiger partial charge in [-0.25, -0.2) is 9.78 Å². The Morgan fingerprint density at radius 2 is 2.00 bits per heavy atom. The van der Waals surface area contributed by atoms with Crippen molar-refractivity contribution in [2.75, 3.05) is 5.73 Å². The minimum absolute atomic E-state index is 0.133. The molecule has 0 radical (unpaired) electrons. The fraction of sp³-hybridized carbons (Fsp3) is 0.0714. The number of H-pyrrole nitrogens is 1. The second kappa shape index (κ2) is 5.47. The fourth-order valence-electron chi connectivity index (χ4n) is 2.24. The number of benzene rings is 1. The molecule has 0 aliphatic carbocycles. The number of hydrogen-bond donors (Lipinski definition) is 2. The molecule has 0 saturated heterocycles. The number of anilines is 1. The Morgan fingerprint density at radius 3 is 2.73 bits per heavy atom. The standard InChI is InChI=1S/C14H10Cl2N4O2/c15-7-4-9(16)12-10(5-7)20(14(22)19-13(12)21)6-8-2-1-3-11(17)18-8/h1-5H,6H2,(H2,17,18)(H,19,21,22). The molecule has 2 heterocycles. The number of nitrogens with one attached hydrogen (secondary N) is 1. The van der Waals surface area contributed by atoms with Gasteiger partial charge >= 0.3 is 5.69 Å². The molecule has 0 unspecified atom stereocenters. The highest BCUT2D eigenvalue weighted by Crippen LogP contribution is 2.24. The van der Waals surface area contributed by atoms with E-state index in [1.54, 1.807) is 18.2 Å². The number of halogens is 2. The Morgan fingerprint density at radius 1 is 1.23 bits per heavy atom. The highest BCUT2D eigenvalue weighted by Gasteiger charge is 2.12. The van der Waals surface area contributed by atoms with Crippen LogP contribution < -0.4 is 17.0 Å². The van der Waals surface area contributed by atoms with E-state index in [-0.39, 0.29) is 17.0 Å². The van der Waals surface area contributed by atoms with Gasteiger partial charge in [0.15, 0.2) is 0 Å². The molecule has 3 aromatic rings. The zero-order chi connectivity index (χ0) is 15.9. The van der Waals surface area contributed by atoms with Gasteiger partial charge in [0.1, 0.15) is 5.82 Å². The van der Waals surface area contributed by atoms with E-state index < -0.39 is 11.2 Å². The van der Waals surface area contributed by atoms with Crippen molar-refractivity contribution < 1.29 is 0 Å². The molecular formula is C14H10Cl2N4O2. The lowest BCUT2D eigenvalue weighted by molar-refractivity contribution is 0.739. The molecule has 0 saturated carbocycles. The molecule has 0 amide bonds. The highest BCUT2D eigenvalue weighted by atomic mass is 35.5. The quantitative estimate of drug-likeness (QED) is 0.748. The topological polar surface area (TPSA) is 93.8 Å². The molecule has 0 bridgehead atoms. The molecule has 0 fully saturated rings. The first kappa shape index (κ1) is 14.6. The lowest BCUT2D eigenvalue weighted by Crippen LogP contribution is -2.31. The molecule has 0 aliphatic rings. The number of nitrogens with zero attached hydrogens (tertiary/aromatic N) is 2. The normalized spacial score (nSPS) is 11.0. The van der Waals surface area contributed by atoms with Gasteiger partial charge in [0.05, 0.1) is 28.2 Å². The molecule has 8 heteroatoms. The highest BCUT2D eigenvalue weighted by molar-refractivity contribution is 6.38. The number of fused-ring (bicyclic) bond motifs is 1. The number of rotatable bonds is 2. The summed E-state index contributed by atoms with van der Waals surface area (Å²) in [6.45, 7) is 0.133. The molecule has 2 aromatic heterocycles. The molecule has 3 rings (SSSR count). The second-order valence-electron chi connectivity index (χ2n) is 4.68. The zero-order valence-corrected chi connectivity index (χ0v) is 12.6. The van der Waals surface area contributed by atoms with Crippen LogP contribution in [0, 0.1) is 0 Å². The van der Waals surface area contributed by atoms with Gasteiger partial charge in [0.25, 0.3) is 5.56 Å². The van der Waals surface area contributed by atoms with Crippen molar-refractivity contribution in [3.8, 4) is 0 Å². The van der Waals surface area contributed by atoms with E-state index in [1.807, 2.05) is 0 Å². The van der Waals surface area contributed by atoms with Crippen LogP contribution >= 0.6 is 23.2 Å². The average Bonchev–Trinajstić information content (AvgIpc) is 2.42. The maximum Gasteiger partial charge on any atom is 0.329 e. The summed E-state index contributed by atoms with van der Waals surface area (Å²) in [6, 6.07) is 8.08. The van der Waals surface area contributed by atoms with E-state index in [2.05, 4.69) is 9.97 Å². The van der Waals surface area contributed by atoms with Gasteiger partial charge in [0, 0.05) is 5.02 Å². The zero-order valence-electron chi connectivity index (χ0n) is 11.1. The van der Waals surface area contributed by atoms with E-state index in [4.69, 9.17) is 28.9 Å². The summed E-state index contributed by atoms with van der Waals surface area (Å²) in [7, 11) is 0. The number of nitrogen functional groups attached to an aromatic ring is 1. The van der Waals surface area contributed by atoms with Crippen molar-refractivity contribution >= 4 is 39.9 Å². The first-order valence-corrected chi connectivity index (χ1v) is 7.04. The summed E-state index contributed by atoms with van der Waals surface area (Å²) in [5.41, 5.74) is 5.43. The van der Waals surface area contributed by atoms with Crippen molar-refractivity contribution in [1.29, 1.82) is 0 Å². The molecule has 112 valence electrons. The fourth-order valence-corrected chi connectivity index (χ4v) is 2.81. The maximum atomic E-state index is 12.1. The summed E-state index contributed by atoms with van der Waals surface area (Å²) in [5.74, 6) is 0.343. The van der Waals surface area contributed by atoms with E-state index in [9.17, 15) is 9.59 Å². The first-order valence-electron chi connectivity index (χ1n) is 6.29. The van der Waals surface area contributed by atoms with Crippen LogP contribution in [0.4, 0.5) is 5.82 Å². The van der Waals surface area contributed by atoms with Gasteiger partial charge in [0.2, 0.25) is 0 Å². The summed E-state index contributed by atoms with van der Waals surface area (Å²) in [6.07, 6.45) is 0. The van der Waals surface area contributed by atoms with Crippen LogP contribution in [0.15, 0.2) is 39.9 Å². The van der Waals surface area contributed by atoms with Crippen molar-refractivity contribution in [2.24, 2.45) is 0 Å². The average molecular weight is 337 g/mol. The molecule has 1 aromatic carbocycles. The summed E-state index contributed by atoms with van der Waals surface area (Å²) >= 11 is 12.0. The molecule has 22 heavy (non-hydrogen) atoms. The van der Waals surface area contributed by atoms with E-state index in [1.165, 1.54) is 16.7 Å². The number of aromatic nitrogens is 3. The summed E-state index contributed by atoms with van der Waals surface area (Å²) < 4.78 is 1.34. The van der Waals surface area contributed by atoms with Gasteiger partial charge in [-0.05, 0) is 24.3 Å². The van der Waals surface area contributed by atoms with Crippen LogP contribution in [0.5, 0.6) is 0 Å². The lowest BCUT2D eigenvalue weighted by atomic mass is 10.2. The van der Waals surface area contributed by atoms with Crippen LogP contribution in [0.3, 0.4) is 0 Å². The lowest BCUT2D eigenvalue weighted by Gasteiger charge is -2.10. The van der Waals surface area contributed by atoms with Gasteiger partial charge < -0.3 is 5.73 Å². The molecule has 0 aliphatic heterocycles. The Bertz CT molecular complexity index is 994. The van der Waals surface area contributed by atoms with Gasteiger partial charge in [-0.1, -0.05) is 29.3 Å². The number of aromatic amines is 1. The molecule has 3 N–H and O–H groups in total. The number of nitrogens with two attached hydrogens (primary N) is 1. The van der Waals surface area contributed by atoms with E-state index >= 15 is 0 Å². The number of pyridine rings is 1. The third-order valence-electron chi connectivity index (χ3n) is 3.17. The van der Waals surface area contributed by atoms with E-state index in [0.29, 0.717) is 22.1 Å². The third-order valence-corrected chi connectivity index (χ3v) is 3.68. The van der Waals surface area contributed by atoms with Crippen molar-refractivity contribution in [3.63, 3.8) is 0 Å². The molecule has 6 nitrogen and oxygen atoms in total. The van der Waals surface area contributed by atoms with Crippen molar-refractivity contribution in [1.82, 2.24) is 14.5 Å². The molecular weight excluding hydrogens is 327 g/mol. The molecule has 0 spiro atoms. The monoisotopic (exact) mass is 336 g/mol. The predicted molar refractivity (Wildman–Crippen MR) is 86.6 cm³/mol. The van der Waals surface area contributed by atoms with Crippen LogP contribution in [-0.4, -0.2) is 14.5 Å². The smallest absolute Gasteiger partial charge is 0.329 e. The van der Waals surface area contributed by atoms with Crippen molar-refractivity contribution in [2.45, 2.75) is 6.54 Å². The van der Waals surface area contributed by atoms with Crippen LogP contribution in [0.1, 0.15) is 5.69 Å². The Hall–Kier alpha value is -2.31. The van der Waals surface area contributed by atoms with Crippen molar-refractivity contribution in [3.05, 3.63) is 66.9 Å². The molecule has 0 atom stereocenters. The minimum Gasteiger partial charge on any atom is -0.384 e. The predicted octanol–water partition coefficient (Wildman–Crippen LogP) is 2.02. The van der Waals surface area contributed by atoms with Crippen LogP contribution in [0.2, 0.25) is 10.0 Å².